The molecule has 0 fully saturated rings. The lowest BCUT2D eigenvalue weighted by molar-refractivity contribution is -0.133. The average Bonchev–Trinajstić information content (AvgIpc) is 3.18. The number of fused-ring (bicyclic) bond motifs is 1. The third-order valence-corrected chi connectivity index (χ3v) is 6.15. The van der Waals surface area contributed by atoms with E-state index in [4.69, 9.17) is 9.72 Å². The molecule has 37 heavy (non-hydrogen) atoms. The number of nitrogens with zero attached hydrogens (tertiary/aromatic N) is 3. The van der Waals surface area contributed by atoms with Crippen molar-refractivity contribution in [2.45, 2.75) is 60.9 Å². The van der Waals surface area contributed by atoms with Crippen molar-refractivity contribution in [2.75, 3.05) is 26.2 Å². The van der Waals surface area contributed by atoms with Gasteiger partial charge in [-0.2, -0.15) is 0 Å². The Balaban J connectivity index is 1.60. The SMILES string of the molecule is Cc1ccc(C)c(OCC(=O)NCCCc2nc3ccccc3n2CC(=O)N(CC(C)C)CC(C)C)c1. The molecule has 0 aliphatic rings. The van der Waals surface area contributed by atoms with Gasteiger partial charge in [0.15, 0.2) is 6.61 Å². The van der Waals surface area contributed by atoms with E-state index in [1.165, 1.54) is 0 Å². The molecule has 0 saturated heterocycles. The van der Waals surface area contributed by atoms with Crippen LogP contribution in [-0.2, 0) is 22.6 Å². The molecule has 0 radical (unpaired) electrons. The second-order valence-electron chi connectivity index (χ2n) is 10.7. The number of hydrogen-bond acceptors (Lipinski definition) is 4. The largest absolute Gasteiger partial charge is 0.483 e. The molecular weight excluding hydrogens is 464 g/mol. The lowest BCUT2D eigenvalue weighted by Crippen LogP contribution is -2.39. The maximum Gasteiger partial charge on any atom is 0.257 e. The molecule has 2 aromatic carbocycles. The summed E-state index contributed by atoms with van der Waals surface area (Å²) in [5, 5.41) is 2.94. The molecule has 3 rings (SSSR count). The standard InChI is InChI=1S/C30H42N4O3/c1-21(2)17-33(18-22(3)4)30(36)19-34-26-11-8-7-10-25(26)32-28(34)12-9-15-31-29(35)20-37-27-16-23(5)13-14-24(27)6/h7-8,10-11,13-14,16,21-22H,9,12,15,17-20H2,1-6H3,(H,31,35). The zero-order valence-electron chi connectivity index (χ0n) is 23.2. The Kier molecular flexibility index (Phi) is 10.1. The molecule has 7 heteroatoms. The normalized spacial score (nSPS) is 11.4. The Hall–Kier alpha value is -3.35. The van der Waals surface area contributed by atoms with E-state index < -0.39 is 0 Å². The summed E-state index contributed by atoms with van der Waals surface area (Å²) < 4.78 is 7.74. The summed E-state index contributed by atoms with van der Waals surface area (Å²) in [6.07, 6.45) is 1.38. The Morgan fingerprint density at radius 3 is 2.43 bits per heavy atom. The van der Waals surface area contributed by atoms with Crippen LogP contribution >= 0.6 is 0 Å². The van der Waals surface area contributed by atoms with Gasteiger partial charge in [0.25, 0.3) is 5.91 Å². The zero-order valence-corrected chi connectivity index (χ0v) is 23.2. The summed E-state index contributed by atoms with van der Waals surface area (Å²) in [5.41, 5.74) is 3.95. The summed E-state index contributed by atoms with van der Waals surface area (Å²) in [5.74, 6) is 2.38. The van der Waals surface area contributed by atoms with Crippen LogP contribution in [0.1, 0.15) is 51.1 Å². The summed E-state index contributed by atoms with van der Waals surface area (Å²) in [4.78, 5) is 32.4. The Bertz CT molecular complexity index is 1190. The van der Waals surface area contributed by atoms with Gasteiger partial charge in [-0.05, 0) is 61.4 Å². The molecule has 0 atom stereocenters. The highest BCUT2D eigenvalue weighted by atomic mass is 16.5. The smallest absolute Gasteiger partial charge is 0.257 e. The van der Waals surface area contributed by atoms with Crippen LogP contribution in [0.25, 0.3) is 11.0 Å². The predicted molar refractivity (Wildman–Crippen MR) is 149 cm³/mol. The van der Waals surface area contributed by atoms with Crippen LogP contribution in [-0.4, -0.2) is 52.5 Å². The molecule has 7 nitrogen and oxygen atoms in total. The summed E-state index contributed by atoms with van der Waals surface area (Å²) in [6, 6.07) is 13.9. The van der Waals surface area contributed by atoms with Crippen LogP contribution in [0, 0.1) is 25.7 Å². The van der Waals surface area contributed by atoms with E-state index in [2.05, 4.69) is 33.0 Å². The van der Waals surface area contributed by atoms with Crippen molar-refractivity contribution in [2.24, 2.45) is 11.8 Å². The predicted octanol–water partition coefficient (Wildman–Crippen LogP) is 4.92. The van der Waals surface area contributed by atoms with Crippen molar-refractivity contribution in [1.29, 1.82) is 0 Å². The quantitative estimate of drug-likeness (QED) is 0.334. The number of nitrogens with one attached hydrogen (secondary N) is 1. The fraction of sp³-hybridized carbons (Fsp3) is 0.500. The second-order valence-corrected chi connectivity index (χ2v) is 10.7. The van der Waals surface area contributed by atoms with Gasteiger partial charge in [0, 0.05) is 26.1 Å². The minimum absolute atomic E-state index is 0.0150. The lowest BCUT2D eigenvalue weighted by Gasteiger charge is -2.27. The molecule has 0 aliphatic heterocycles. The number of hydrogen-bond donors (Lipinski definition) is 1. The fourth-order valence-electron chi connectivity index (χ4n) is 4.42. The molecule has 0 bridgehead atoms. The first kappa shape index (κ1) is 28.2. The number of carbonyl (C=O) groups is 2. The third-order valence-electron chi connectivity index (χ3n) is 6.15. The van der Waals surface area contributed by atoms with Gasteiger partial charge in [-0.15, -0.1) is 0 Å². The monoisotopic (exact) mass is 506 g/mol. The van der Waals surface area contributed by atoms with Crippen LogP contribution in [0.2, 0.25) is 0 Å². The van der Waals surface area contributed by atoms with E-state index in [0.29, 0.717) is 31.2 Å². The number of rotatable bonds is 13. The van der Waals surface area contributed by atoms with Gasteiger partial charge in [0.05, 0.1) is 11.0 Å². The topological polar surface area (TPSA) is 76.5 Å². The first-order valence-electron chi connectivity index (χ1n) is 13.3. The average molecular weight is 507 g/mol. The van der Waals surface area contributed by atoms with Crippen molar-refractivity contribution >= 4 is 22.8 Å². The van der Waals surface area contributed by atoms with Crippen LogP contribution < -0.4 is 10.1 Å². The first-order valence-corrected chi connectivity index (χ1v) is 13.3. The van der Waals surface area contributed by atoms with Crippen LogP contribution in [0.4, 0.5) is 0 Å². The Morgan fingerprint density at radius 2 is 1.73 bits per heavy atom. The highest BCUT2D eigenvalue weighted by molar-refractivity contribution is 5.81. The highest BCUT2D eigenvalue weighted by Crippen LogP contribution is 2.20. The maximum absolute atomic E-state index is 13.3. The number of ether oxygens (including phenoxy) is 1. The number of aromatic nitrogens is 2. The summed E-state index contributed by atoms with van der Waals surface area (Å²) in [6.45, 7) is 14.8. The van der Waals surface area contributed by atoms with Gasteiger partial charge >= 0.3 is 0 Å². The van der Waals surface area contributed by atoms with Crippen molar-refractivity contribution in [3.63, 3.8) is 0 Å². The van der Waals surface area contributed by atoms with E-state index in [9.17, 15) is 9.59 Å². The molecule has 1 aromatic heterocycles. The lowest BCUT2D eigenvalue weighted by atomic mass is 10.1. The van der Waals surface area contributed by atoms with Gasteiger partial charge in [-0.1, -0.05) is 52.0 Å². The van der Waals surface area contributed by atoms with E-state index >= 15 is 0 Å². The van der Waals surface area contributed by atoms with Gasteiger partial charge in [0.1, 0.15) is 18.1 Å². The molecule has 1 N–H and O–H groups in total. The summed E-state index contributed by atoms with van der Waals surface area (Å²) in [7, 11) is 0. The number of carbonyl (C=O) groups excluding carboxylic acids is 2. The van der Waals surface area contributed by atoms with Crippen molar-refractivity contribution in [3.05, 3.63) is 59.4 Å². The van der Waals surface area contributed by atoms with E-state index in [1.54, 1.807) is 0 Å². The molecule has 0 spiro atoms. The summed E-state index contributed by atoms with van der Waals surface area (Å²) >= 11 is 0. The molecule has 1 heterocycles. The molecule has 0 unspecified atom stereocenters. The number of para-hydroxylation sites is 2. The number of aryl methyl sites for hydroxylation is 3. The molecule has 2 amide bonds. The molecule has 200 valence electrons. The number of amides is 2. The van der Waals surface area contributed by atoms with Crippen molar-refractivity contribution in [3.8, 4) is 5.75 Å². The van der Waals surface area contributed by atoms with Crippen LogP contribution in [0.5, 0.6) is 5.75 Å². The van der Waals surface area contributed by atoms with Crippen LogP contribution in [0.15, 0.2) is 42.5 Å². The molecule has 3 aromatic rings. The van der Waals surface area contributed by atoms with E-state index in [-0.39, 0.29) is 25.0 Å². The third kappa shape index (κ3) is 8.34. The molecule has 0 aliphatic carbocycles. The maximum atomic E-state index is 13.3. The fourth-order valence-corrected chi connectivity index (χ4v) is 4.42. The minimum Gasteiger partial charge on any atom is -0.483 e. The zero-order chi connectivity index (χ0) is 26.9. The van der Waals surface area contributed by atoms with Crippen LogP contribution in [0.3, 0.4) is 0 Å². The molecular formula is C30H42N4O3. The van der Waals surface area contributed by atoms with E-state index in [0.717, 1.165) is 46.8 Å². The second kappa shape index (κ2) is 13.3. The van der Waals surface area contributed by atoms with Crippen molar-refractivity contribution in [1.82, 2.24) is 19.8 Å². The number of benzene rings is 2. The van der Waals surface area contributed by atoms with Crippen molar-refractivity contribution < 1.29 is 14.3 Å². The Labute approximate surface area is 221 Å². The molecule has 0 saturated carbocycles. The highest BCUT2D eigenvalue weighted by Gasteiger charge is 2.20. The van der Waals surface area contributed by atoms with Gasteiger partial charge in [-0.3, -0.25) is 9.59 Å². The minimum atomic E-state index is -0.150. The Morgan fingerprint density at radius 1 is 1.03 bits per heavy atom. The van der Waals surface area contributed by atoms with Gasteiger partial charge < -0.3 is 19.5 Å². The number of imidazole rings is 1. The van der Waals surface area contributed by atoms with Gasteiger partial charge in [0.2, 0.25) is 5.91 Å². The van der Waals surface area contributed by atoms with Gasteiger partial charge in [-0.25, -0.2) is 4.98 Å². The van der Waals surface area contributed by atoms with E-state index in [1.807, 2.05) is 65.8 Å². The first-order chi connectivity index (χ1) is 17.6.